The van der Waals surface area contributed by atoms with E-state index in [1.165, 1.54) is 12.1 Å². The maximum Gasteiger partial charge on any atom is 0.231 e. The highest BCUT2D eigenvalue weighted by atomic mass is 19.1. The van der Waals surface area contributed by atoms with Gasteiger partial charge in [0.2, 0.25) is 11.8 Å². The molecule has 6 heteroatoms. The predicted octanol–water partition coefficient (Wildman–Crippen LogP) is 1.95. The van der Waals surface area contributed by atoms with Crippen LogP contribution in [-0.2, 0) is 15.0 Å². The van der Waals surface area contributed by atoms with Crippen LogP contribution in [0.1, 0.15) is 44.1 Å². The molecule has 142 valence electrons. The summed E-state index contributed by atoms with van der Waals surface area (Å²) in [4.78, 5) is 25.6. The molecule has 2 aliphatic rings. The summed E-state index contributed by atoms with van der Waals surface area (Å²) < 4.78 is 13.3. The maximum atomic E-state index is 13.3. The normalized spacial score (nSPS) is 20.8. The minimum atomic E-state index is -0.324. The molecule has 1 aromatic rings. The van der Waals surface area contributed by atoms with Crippen molar-refractivity contribution in [1.29, 1.82) is 0 Å². The number of benzene rings is 1. The molecule has 0 spiro atoms. The maximum absolute atomic E-state index is 13.3. The SMILES string of the molecule is NC(=O)CN1CCC(C(=O)NCC2(c3ccc(F)cc3)CCCC2)CC1. The molecule has 2 fully saturated rings. The van der Waals surface area contributed by atoms with E-state index in [1.807, 2.05) is 17.0 Å². The van der Waals surface area contributed by atoms with Gasteiger partial charge in [-0.25, -0.2) is 4.39 Å². The van der Waals surface area contributed by atoms with Gasteiger partial charge in [-0.3, -0.25) is 14.5 Å². The van der Waals surface area contributed by atoms with E-state index in [2.05, 4.69) is 5.32 Å². The van der Waals surface area contributed by atoms with Gasteiger partial charge >= 0.3 is 0 Å². The van der Waals surface area contributed by atoms with Crippen LogP contribution in [0.4, 0.5) is 4.39 Å². The van der Waals surface area contributed by atoms with Crippen molar-refractivity contribution in [1.82, 2.24) is 10.2 Å². The predicted molar refractivity (Wildman–Crippen MR) is 97.9 cm³/mol. The first-order valence-corrected chi connectivity index (χ1v) is 9.53. The molecule has 0 bridgehead atoms. The number of likely N-dealkylation sites (tertiary alicyclic amines) is 1. The van der Waals surface area contributed by atoms with Gasteiger partial charge in [0.1, 0.15) is 5.82 Å². The van der Waals surface area contributed by atoms with Crippen LogP contribution in [0.25, 0.3) is 0 Å². The lowest BCUT2D eigenvalue weighted by Crippen LogP contribution is -2.46. The van der Waals surface area contributed by atoms with Gasteiger partial charge in [-0.15, -0.1) is 0 Å². The molecule has 0 radical (unpaired) electrons. The Bertz CT molecular complexity index is 633. The molecule has 2 amide bonds. The van der Waals surface area contributed by atoms with Gasteiger partial charge in [0.15, 0.2) is 0 Å². The van der Waals surface area contributed by atoms with Crippen molar-refractivity contribution in [2.24, 2.45) is 11.7 Å². The first-order chi connectivity index (χ1) is 12.5. The van der Waals surface area contributed by atoms with Crippen LogP contribution in [0.15, 0.2) is 24.3 Å². The second-order valence-corrected chi connectivity index (χ2v) is 7.73. The number of primary amides is 1. The molecular formula is C20H28FN3O2. The number of nitrogens with zero attached hydrogens (tertiary/aromatic N) is 1. The van der Waals surface area contributed by atoms with Gasteiger partial charge in [0, 0.05) is 17.9 Å². The molecule has 0 aromatic heterocycles. The number of amides is 2. The van der Waals surface area contributed by atoms with Gasteiger partial charge < -0.3 is 11.1 Å². The number of nitrogens with two attached hydrogens (primary N) is 1. The zero-order chi connectivity index (χ0) is 18.6. The van der Waals surface area contributed by atoms with Gasteiger partial charge in [-0.1, -0.05) is 25.0 Å². The number of carbonyl (C=O) groups excluding carboxylic acids is 2. The number of halogens is 1. The van der Waals surface area contributed by atoms with E-state index in [9.17, 15) is 14.0 Å². The van der Waals surface area contributed by atoms with Crippen molar-refractivity contribution in [2.75, 3.05) is 26.2 Å². The highest BCUT2D eigenvalue weighted by Crippen LogP contribution is 2.40. The Kier molecular flexibility index (Phi) is 5.91. The van der Waals surface area contributed by atoms with Crippen molar-refractivity contribution in [3.05, 3.63) is 35.6 Å². The minimum absolute atomic E-state index is 0.00852. The summed E-state index contributed by atoms with van der Waals surface area (Å²) in [6, 6.07) is 6.72. The summed E-state index contributed by atoms with van der Waals surface area (Å²) in [7, 11) is 0. The highest BCUT2D eigenvalue weighted by molar-refractivity contribution is 5.79. The van der Waals surface area contributed by atoms with Crippen molar-refractivity contribution in [2.45, 2.75) is 43.9 Å². The quantitative estimate of drug-likeness (QED) is 0.813. The lowest BCUT2D eigenvalue weighted by atomic mass is 9.78. The van der Waals surface area contributed by atoms with Gasteiger partial charge in [-0.2, -0.15) is 0 Å². The Labute approximate surface area is 154 Å². The van der Waals surface area contributed by atoms with E-state index < -0.39 is 0 Å². The van der Waals surface area contributed by atoms with Crippen molar-refractivity contribution >= 4 is 11.8 Å². The second-order valence-electron chi connectivity index (χ2n) is 7.73. The Hall–Kier alpha value is -1.95. The van der Waals surface area contributed by atoms with Crippen LogP contribution in [0.2, 0.25) is 0 Å². The second kappa shape index (κ2) is 8.16. The summed E-state index contributed by atoms with van der Waals surface area (Å²) in [5, 5.41) is 3.16. The fraction of sp³-hybridized carbons (Fsp3) is 0.600. The van der Waals surface area contributed by atoms with Crippen LogP contribution in [0.3, 0.4) is 0 Å². The molecule has 1 saturated heterocycles. The number of carbonyl (C=O) groups is 2. The van der Waals surface area contributed by atoms with Crippen LogP contribution in [-0.4, -0.2) is 42.9 Å². The Balaban J connectivity index is 1.56. The third kappa shape index (κ3) is 4.41. The van der Waals surface area contributed by atoms with E-state index in [4.69, 9.17) is 5.73 Å². The summed E-state index contributed by atoms with van der Waals surface area (Å²) >= 11 is 0. The molecule has 0 atom stereocenters. The van der Waals surface area contributed by atoms with Gasteiger partial charge in [0.25, 0.3) is 0 Å². The fourth-order valence-electron chi connectivity index (χ4n) is 4.40. The Morgan fingerprint density at radius 1 is 1.15 bits per heavy atom. The largest absolute Gasteiger partial charge is 0.369 e. The van der Waals surface area contributed by atoms with E-state index in [0.29, 0.717) is 6.54 Å². The lowest BCUT2D eigenvalue weighted by molar-refractivity contribution is -0.126. The molecule has 1 saturated carbocycles. The number of piperidine rings is 1. The number of rotatable bonds is 6. The zero-order valence-corrected chi connectivity index (χ0v) is 15.2. The number of hydrogen-bond acceptors (Lipinski definition) is 3. The monoisotopic (exact) mass is 361 g/mol. The average molecular weight is 361 g/mol. The lowest BCUT2D eigenvalue weighted by Gasteiger charge is -2.33. The molecule has 5 nitrogen and oxygen atoms in total. The fourth-order valence-corrected chi connectivity index (χ4v) is 4.40. The van der Waals surface area contributed by atoms with Crippen molar-refractivity contribution in [3.63, 3.8) is 0 Å². The third-order valence-corrected chi connectivity index (χ3v) is 5.96. The van der Waals surface area contributed by atoms with E-state index in [1.54, 1.807) is 0 Å². The highest BCUT2D eigenvalue weighted by Gasteiger charge is 2.36. The first kappa shape index (κ1) is 18.8. The molecule has 0 unspecified atom stereocenters. The average Bonchev–Trinajstić information content (AvgIpc) is 3.10. The number of nitrogens with one attached hydrogen (secondary N) is 1. The Morgan fingerprint density at radius 3 is 2.35 bits per heavy atom. The summed E-state index contributed by atoms with van der Waals surface area (Å²) in [6.45, 7) is 2.33. The standard InChI is InChI=1S/C20H28FN3O2/c21-17-5-3-16(4-6-17)20(9-1-2-10-20)14-23-19(26)15-7-11-24(12-8-15)13-18(22)25/h3-6,15H,1-2,7-14H2,(H2,22,25)(H,23,26). The van der Waals surface area contributed by atoms with Crippen molar-refractivity contribution < 1.29 is 14.0 Å². The first-order valence-electron chi connectivity index (χ1n) is 9.53. The number of hydrogen-bond donors (Lipinski definition) is 2. The molecule has 3 N–H and O–H groups in total. The molecule has 1 aliphatic carbocycles. The summed E-state index contributed by atoms with van der Waals surface area (Å²) in [5.41, 5.74) is 6.28. The smallest absolute Gasteiger partial charge is 0.231 e. The molecular weight excluding hydrogens is 333 g/mol. The van der Waals surface area contributed by atoms with Crippen LogP contribution < -0.4 is 11.1 Å². The molecule has 1 aromatic carbocycles. The van der Waals surface area contributed by atoms with Crippen LogP contribution in [0, 0.1) is 11.7 Å². The van der Waals surface area contributed by atoms with Gasteiger partial charge in [0.05, 0.1) is 6.54 Å². The van der Waals surface area contributed by atoms with Gasteiger partial charge in [-0.05, 0) is 56.5 Å². The topological polar surface area (TPSA) is 75.4 Å². The van der Waals surface area contributed by atoms with Crippen LogP contribution in [0.5, 0.6) is 0 Å². The van der Waals surface area contributed by atoms with Crippen molar-refractivity contribution in [3.8, 4) is 0 Å². The third-order valence-electron chi connectivity index (χ3n) is 5.96. The summed E-state index contributed by atoms with van der Waals surface area (Å²) in [5.74, 6) is -0.466. The molecule has 1 heterocycles. The van der Waals surface area contributed by atoms with E-state index >= 15 is 0 Å². The van der Waals surface area contributed by atoms with Crippen LogP contribution >= 0.6 is 0 Å². The van der Waals surface area contributed by atoms with E-state index in [0.717, 1.165) is 57.2 Å². The minimum Gasteiger partial charge on any atom is -0.369 e. The summed E-state index contributed by atoms with van der Waals surface area (Å²) in [6.07, 6.45) is 5.83. The zero-order valence-electron chi connectivity index (χ0n) is 15.2. The molecule has 3 rings (SSSR count). The molecule has 1 aliphatic heterocycles. The molecule has 26 heavy (non-hydrogen) atoms. The van der Waals surface area contributed by atoms with E-state index in [-0.39, 0.29) is 35.5 Å². The Morgan fingerprint density at radius 2 is 1.77 bits per heavy atom.